The van der Waals surface area contributed by atoms with Crippen LogP contribution >= 0.6 is 0 Å². The molecule has 0 spiro atoms. The first-order valence-corrected chi connectivity index (χ1v) is 9.28. The van der Waals surface area contributed by atoms with Crippen LogP contribution in [0.25, 0.3) is 11.3 Å². The zero-order valence-electron chi connectivity index (χ0n) is 15.8. The van der Waals surface area contributed by atoms with Gasteiger partial charge in [0.1, 0.15) is 0 Å². The summed E-state index contributed by atoms with van der Waals surface area (Å²) in [5.41, 5.74) is 2.63. The maximum Gasteiger partial charge on any atom is 0.416 e. The number of hydrogen-bond acceptors (Lipinski definition) is 5. The van der Waals surface area contributed by atoms with Crippen LogP contribution in [-0.2, 0) is 19.1 Å². The fourth-order valence-electron chi connectivity index (χ4n) is 3.53. The monoisotopic (exact) mass is 399 g/mol. The molecule has 3 aromatic rings. The van der Waals surface area contributed by atoms with E-state index in [0.717, 1.165) is 25.1 Å². The van der Waals surface area contributed by atoms with Crippen LogP contribution in [0.1, 0.15) is 16.7 Å². The Morgan fingerprint density at radius 2 is 1.90 bits per heavy atom. The Kier molecular flexibility index (Phi) is 5.19. The number of fused-ring (bicyclic) bond motifs is 1. The lowest BCUT2D eigenvalue weighted by atomic mass is 9.94. The summed E-state index contributed by atoms with van der Waals surface area (Å²) in [7, 11) is 2.07. The number of aromatic nitrogens is 3. The molecule has 150 valence electrons. The molecule has 1 unspecified atom stereocenters. The molecule has 2 heterocycles. The molecule has 5 nitrogen and oxygen atoms in total. The van der Waals surface area contributed by atoms with E-state index in [1.165, 1.54) is 23.4 Å². The van der Waals surface area contributed by atoms with Crippen molar-refractivity contribution in [2.45, 2.75) is 25.2 Å². The first-order valence-electron chi connectivity index (χ1n) is 9.28. The molecule has 0 saturated heterocycles. The Bertz CT molecular complexity index is 1010. The molecule has 2 aromatic carbocycles. The normalized spacial score (nSPS) is 17.0. The first-order chi connectivity index (χ1) is 13.9. The predicted molar refractivity (Wildman–Crippen MR) is 104 cm³/mol. The molecule has 1 aliphatic heterocycles. The molecule has 1 aromatic heterocycles. The van der Waals surface area contributed by atoms with Gasteiger partial charge in [-0.15, -0.1) is 5.10 Å². The van der Waals surface area contributed by atoms with Crippen LogP contribution in [0.5, 0.6) is 0 Å². The molecule has 4 rings (SSSR count). The summed E-state index contributed by atoms with van der Waals surface area (Å²) >= 11 is 0. The average Bonchev–Trinajstić information content (AvgIpc) is 2.72. The molecule has 0 bridgehead atoms. The van der Waals surface area contributed by atoms with E-state index >= 15 is 0 Å². The van der Waals surface area contributed by atoms with Crippen LogP contribution in [0.3, 0.4) is 0 Å². The Balaban J connectivity index is 1.48. The molecule has 0 amide bonds. The summed E-state index contributed by atoms with van der Waals surface area (Å²) in [6.07, 6.45) is -2.14. The number of rotatable bonds is 4. The number of likely N-dealkylation sites (N-methyl/N-ethyl adjacent to an activating group) is 1. The number of alkyl halides is 3. The van der Waals surface area contributed by atoms with Crippen molar-refractivity contribution in [3.05, 3.63) is 71.4 Å². The number of nitrogens with zero attached hydrogens (tertiary/aromatic N) is 4. The third kappa shape index (κ3) is 4.37. The predicted octanol–water partition coefficient (Wildman–Crippen LogP) is 4.03. The van der Waals surface area contributed by atoms with E-state index in [2.05, 4.69) is 44.6 Å². The minimum absolute atomic E-state index is 0.255. The van der Waals surface area contributed by atoms with Crippen molar-refractivity contribution in [1.82, 2.24) is 20.1 Å². The Labute approximate surface area is 166 Å². The molecule has 8 heteroatoms. The van der Waals surface area contributed by atoms with E-state index in [0.29, 0.717) is 23.8 Å². The lowest BCUT2D eigenvalue weighted by molar-refractivity contribution is -0.137. The van der Waals surface area contributed by atoms with Crippen LogP contribution in [-0.4, -0.2) is 39.7 Å². The zero-order chi connectivity index (χ0) is 20.4. The highest BCUT2D eigenvalue weighted by Gasteiger charge is 2.30. The van der Waals surface area contributed by atoms with Gasteiger partial charge in [0, 0.05) is 24.7 Å². The maximum atomic E-state index is 13.0. The zero-order valence-corrected chi connectivity index (χ0v) is 15.8. The second-order valence-electron chi connectivity index (χ2n) is 7.17. The number of benzene rings is 2. The van der Waals surface area contributed by atoms with Gasteiger partial charge in [0.25, 0.3) is 0 Å². The first kappa shape index (κ1) is 19.3. The van der Waals surface area contributed by atoms with Crippen LogP contribution < -0.4 is 5.32 Å². The number of anilines is 1. The summed E-state index contributed by atoms with van der Waals surface area (Å²) in [6.45, 7) is 1.48. The Morgan fingerprint density at radius 3 is 2.69 bits per heavy atom. The van der Waals surface area contributed by atoms with E-state index in [-0.39, 0.29) is 6.04 Å². The Hall–Kier alpha value is -3.00. The van der Waals surface area contributed by atoms with E-state index in [4.69, 9.17) is 0 Å². The van der Waals surface area contributed by atoms with E-state index in [1.54, 1.807) is 6.07 Å². The van der Waals surface area contributed by atoms with Crippen LogP contribution in [0.2, 0.25) is 0 Å². The maximum absolute atomic E-state index is 13.0. The van der Waals surface area contributed by atoms with Crippen molar-refractivity contribution in [1.29, 1.82) is 0 Å². The highest BCUT2D eigenvalue weighted by molar-refractivity contribution is 5.60. The third-order valence-corrected chi connectivity index (χ3v) is 5.16. The molecule has 29 heavy (non-hydrogen) atoms. The van der Waals surface area contributed by atoms with Crippen molar-refractivity contribution in [3.63, 3.8) is 0 Å². The van der Waals surface area contributed by atoms with Gasteiger partial charge in [-0.05, 0) is 36.7 Å². The highest BCUT2D eigenvalue weighted by atomic mass is 19.4. The second kappa shape index (κ2) is 7.79. The largest absolute Gasteiger partial charge is 0.416 e. The SMILES string of the molecule is CN1Cc2ccccc2CC1CNc1nncc(-c2cccc(C(F)(F)F)c2)n1. The highest BCUT2D eigenvalue weighted by Crippen LogP contribution is 2.31. The van der Waals surface area contributed by atoms with Gasteiger partial charge >= 0.3 is 6.18 Å². The van der Waals surface area contributed by atoms with Crippen molar-refractivity contribution in [3.8, 4) is 11.3 Å². The van der Waals surface area contributed by atoms with Crippen molar-refractivity contribution in [2.75, 3.05) is 18.9 Å². The minimum atomic E-state index is -4.40. The quantitative estimate of drug-likeness (QED) is 0.718. The fourth-order valence-corrected chi connectivity index (χ4v) is 3.53. The number of halogens is 3. The van der Waals surface area contributed by atoms with E-state index < -0.39 is 11.7 Å². The standard InChI is InChI=1S/C21H20F3N5/c1-29-13-16-6-3-2-5-14(16)10-18(29)11-25-20-27-19(12-26-28-20)15-7-4-8-17(9-15)21(22,23)24/h2-9,12,18H,10-11,13H2,1H3,(H,25,27,28). The number of hydrogen-bond donors (Lipinski definition) is 1. The molecular formula is C21H20F3N5. The van der Waals surface area contributed by atoms with E-state index in [1.807, 2.05) is 12.1 Å². The third-order valence-electron chi connectivity index (χ3n) is 5.16. The summed E-state index contributed by atoms with van der Waals surface area (Å²) in [4.78, 5) is 6.61. The molecule has 0 saturated carbocycles. The van der Waals surface area contributed by atoms with Crippen molar-refractivity contribution >= 4 is 5.95 Å². The average molecular weight is 399 g/mol. The summed E-state index contributed by atoms with van der Waals surface area (Å²) < 4.78 is 38.9. The summed E-state index contributed by atoms with van der Waals surface area (Å²) in [5, 5.41) is 11.1. The lowest BCUT2D eigenvalue weighted by Crippen LogP contribution is -2.42. The van der Waals surface area contributed by atoms with Gasteiger partial charge in [0.05, 0.1) is 17.5 Å². The van der Waals surface area contributed by atoms with Gasteiger partial charge in [0.15, 0.2) is 0 Å². The fraction of sp³-hybridized carbons (Fsp3) is 0.286. The summed E-state index contributed by atoms with van der Waals surface area (Å²) in [5.74, 6) is 0.298. The van der Waals surface area contributed by atoms with Crippen LogP contribution in [0.4, 0.5) is 19.1 Å². The van der Waals surface area contributed by atoms with Crippen LogP contribution in [0, 0.1) is 0 Å². The lowest BCUT2D eigenvalue weighted by Gasteiger charge is -2.34. The molecule has 0 radical (unpaired) electrons. The molecule has 1 N–H and O–H groups in total. The molecule has 1 atom stereocenters. The topological polar surface area (TPSA) is 53.9 Å². The van der Waals surface area contributed by atoms with Gasteiger partial charge < -0.3 is 5.32 Å². The van der Waals surface area contributed by atoms with Crippen molar-refractivity contribution < 1.29 is 13.2 Å². The smallest absolute Gasteiger partial charge is 0.351 e. The van der Waals surface area contributed by atoms with Gasteiger partial charge in [-0.2, -0.15) is 18.3 Å². The van der Waals surface area contributed by atoms with Gasteiger partial charge in [0.2, 0.25) is 5.95 Å². The van der Waals surface area contributed by atoms with Gasteiger partial charge in [-0.1, -0.05) is 36.4 Å². The second-order valence-corrected chi connectivity index (χ2v) is 7.17. The Morgan fingerprint density at radius 1 is 1.10 bits per heavy atom. The molecular weight excluding hydrogens is 379 g/mol. The van der Waals surface area contributed by atoms with Crippen molar-refractivity contribution in [2.24, 2.45) is 0 Å². The van der Waals surface area contributed by atoms with Gasteiger partial charge in [-0.3, -0.25) is 4.90 Å². The van der Waals surface area contributed by atoms with Crippen LogP contribution in [0.15, 0.2) is 54.7 Å². The molecule has 0 fully saturated rings. The van der Waals surface area contributed by atoms with E-state index in [9.17, 15) is 13.2 Å². The molecule has 0 aliphatic carbocycles. The molecule has 1 aliphatic rings. The van der Waals surface area contributed by atoms with Gasteiger partial charge in [-0.25, -0.2) is 4.98 Å². The minimum Gasteiger partial charge on any atom is -0.351 e. The summed E-state index contributed by atoms with van der Waals surface area (Å²) in [6, 6.07) is 13.7. The number of nitrogens with one attached hydrogen (secondary N) is 1.